The summed E-state index contributed by atoms with van der Waals surface area (Å²) in [6, 6.07) is 16.1. The molecule has 0 N–H and O–H groups in total. The van der Waals surface area contributed by atoms with Crippen LogP contribution in [0.5, 0.6) is 0 Å². The lowest BCUT2D eigenvalue weighted by molar-refractivity contribution is 0.460. The molecule has 0 unspecified atom stereocenters. The van der Waals surface area contributed by atoms with E-state index in [1.54, 1.807) is 58.6 Å². The second-order valence-electron chi connectivity index (χ2n) is 7.20. The third-order valence-corrected chi connectivity index (χ3v) is 5.51. The van der Waals surface area contributed by atoms with Gasteiger partial charge in [0.25, 0.3) is 0 Å². The van der Waals surface area contributed by atoms with Crippen molar-refractivity contribution < 1.29 is 0 Å². The lowest BCUT2D eigenvalue weighted by Crippen LogP contribution is -2.26. The van der Waals surface area contributed by atoms with Gasteiger partial charge in [-0.3, -0.25) is 4.57 Å². The van der Waals surface area contributed by atoms with Gasteiger partial charge in [0.05, 0.1) is 24.5 Å². The molecule has 0 aliphatic carbocycles. The third kappa shape index (κ3) is 4.30. The number of hydrogen-bond acceptors (Lipinski definition) is 6. The Bertz CT molecular complexity index is 1460. The average molecular weight is 482 g/mol. The Hall–Kier alpha value is -3.76. The molecule has 10 nitrogen and oxygen atoms in total. The minimum Gasteiger partial charge on any atom is -0.277 e. The van der Waals surface area contributed by atoms with Crippen LogP contribution in [0.15, 0.2) is 65.6 Å². The third-order valence-electron chi connectivity index (χ3n) is 5.00. The molecule has 2 aromatic carbocycles. The van der Waals surface area contributed by atoms with Crippen LogP contribution in [-0.2, 0) is 13.1 Å². The fraction of sp³-hybridized carbons (Fsp3) is 0.143. The van der Waals surface area contributed by atoms with Crippen molar-refractivity contribution in [3.63, 3.8) is 0 Å². The molecule has 0 fully saturated rings. The largest absolute Gasteiger partial charge is 0.350 e. The molecule has 3 aromatic heterocycles. The summed E-state index contributed by atoms with van der Waals surface area (Å²) in [7, 11) is 0. The topological polar surface area (TPSA) is 101 Å². The SMILES string of the molecule is Cc1nn(-c2ccc(Cl)cc2)c(=O)n1CCn1nnc(-c2ccn(-c3ccc(Cl)cc3)n2)n1. The van der Waals surface area contributed by atoms with Crippen molar-refractivity contribution in [2.24, 2.45) is 0 Å². The summed E-state index contributed by atoms with van der Waals surface area (Å²) >= 11 is 11.9. The molecule has 0 aliphatic rings. The smallest absolute Gasteiger partial charge is 0.277 e. The number of hydrogen-bond donors (Lipinski definition) is 0. The molecule has 0 radical (unpaired) electrons. The molecule has 0 spiro atoms. The maximum atomic E-state index is 12.8. The first-order valence-corrected chi connectivity index (χ1v) is 10.8. The number of aromatic nitrogens is 9. The zero-order chi connectivity index (χ0) is 22.9. The van der Waals surface area contributed by atoms with Crippen molar-refractivity contribution in [1.82, 2.24) is 44.3 Å². The van der Waals surface area contributed by atoms with Gasteiger partial charge in [-0.2, -0.15) is 19.7 Å². The number of halogens is 2. The first kappa shape index (κ1) is 21.1. The van der Waals surface area contributed by atoms with Gasteiger partial charge in [0.2, 0.25) is 5.82 Å². The lowest BCUT2D eigenvalue weighted by Gasteiger charge is -2.01. The monoisotopic (exact) mass is 481 g/mol. The summed E-state index contributed by atoms with van der Waals surface area (Å²) in [5.74, 6) is 0.973. The minimum absolute atomic E-state index is 0.253. The van der Waals surface area contributed by atoms with Gasteiger partial charge in [-0.05, 0) is 66.7 Å². The van der Waals surface area contributed by atoms with Gasteiger partial charge in [-0.15, -0.1) is 10.2 Å². The molecule has 5 aromatic rings. The Morgan fingerprint density at radius 3 is 2.18 bits per heavy atom. The molecular formula is C21H17Cl2N9O. The van der Waals surface area contributed by atoms with Crippen LogP contribution in [0.2, 0.25) is 10.0 Å². The molecule has 5 rings (SSSR count). The van der Waals surface area contributed by atoms with E-state index in [9.17, 15) is 4.79 Å². The summed E-state index contributed by atoms with van der Waals surface area (Å²) in [6.45, 7) is 2.46. The Morgan fingerprint density at radius 1 is 0.818 bits per heavy atom. The van der Waals surface area contributed by atoms with E-state index in [1.807, 2.05) is 18.3 Å². The molecule has 3 heterocycles. The quantitative estimate of drug-likeness (QED) is 0.369. The van der Waals surface area contributed by atoms with Gasteiger partial charge >= 0.3 is 5.69 Å². The first-order chi connectivity index (χ1) is 16.0. The van der Waals surface area contributed by atoms with E-state index in [0.29, 0.717) is 46.2 Å². The normalized spacial score (nSPS) is 11.2. The highest BCUT2D eigenvalue weighted by Gasteiger charge is 2.14. The van der Waals surface area contributed by atoms with Gasteiger partial charge in [0, 0.05) is 16.2 Å². The summed E-state index contributed by atoms with van der Waals surface area (Å²) in [5.41, 5.74) is 1.84. The van der Waals surface area contributed by atoms with Crippen LogP contribution in [0.4, 0.5) is 0 Å². The second kappa shape index (κ2) is 8.64. The van der Waals surface area contributed by atoms with Gasteiger partial charge < -0.3 is 0 Å². The highest BCUT2D eigenvalue weighted by Crippen LogP contribution is 2.16. The Labute approximate surface area is 197 Å². The van der Waals surface area contributed by atoms with Gasteiger partial charge in [-0.25, -0.2) is 9.48 Å². The van der Waals surface area contributed by atoms with Crippen LogP contribution in [0.25, 0.3) is 22.9 Å². The maximum Gasteiger partial charge on any atom is 0.350 e. The van der Waals surface area contributed by atoms with Crippen LogP contribution in [0.1, 0.15) is 5.82 Å². The molecular weight excluding hydrogens is 465 g/mol. The van der Waals surface area contributed by atoms with Crippen LogP contribution in [0, 0.1) is 6.92 Å². The summed E-state index contributed by atoms with van der Waals surface area (Å²) in [5, 5.41) is 22.7. The second-order valence-corrected chi connectivity index (χ2v) is 8.07. The fourth-order valence-corrected chi connectivity index (χ4v) is 3.56. The predicted octanol–water partition coefficient (Wildman–Crippen LogP) is 3.19. The van der Waals surface area contributed by atoms with Crippen molar-refractivity contribution >= 4 is 23.2 Å². The zero-order valence-electron chi connectivity index (χ0n) is 17.4. The van der Waals surface area contributed by atoms with E-state index in [-0.39, 0.29) is 5.69 Å². The first-order valence-electron chi connectivity index (χ1n) is 10.00. The molecule has 0 aliphatic heterocycles. The standard InChI is InChI=1S/C21H17Cl2N9O/c1-14-25-32(18-8-4-16(23)5-9-18)21(33)29(14)12-13-31-27-20(24-28-31)19-10-11-30(26-19)17-6-2-15(22)3-7-17/h2-11H,12-13H2,1H3. The van der Waals surface area contributed by atoms with Crippen molar-refractivity contribution in [2.45, 2.75) is 20.0 Å². The van der Waals surface area contributed by atoms with Crippen LogP contribution < -0.4 is 5.69 Å². The molecule has 0 amide bonds. The molecule has 33 heavy (non-hydrogen) atoms. The molecule has 166 valence electrons. The van der Waals surface area contributed by atoms with Crippen molar-refractivity contribution in [2.75, 3.05) is 0 Å². The number of aryl methyl sites for hydroxylation is 2. The van der Waals surface area contributed by atoms with Crippen molar-refractivity contribution in [3.8, 4) is 22.9 Å². The van der Waals surface area contributed by atoms with Gasteiger partial charge in [0.1, 0.15) is 11.5 Å². The average Bonchev–Trinajstić information content (AvgIpc) is 3.53. The highest BCUT2D eigenvalue weighted by atomic mass is 35.5. The van der Waals surface area contributed by atoms with E-state index in [4.69, 9.17) is 23.2 Å². The molecule has 0 bridgehead atoms. The summed E-state index contributed by atoms with van der Waals surface area (Å²) < 4.78 is 4.61. The van der Waals surface area contributed by atoms with Crippen molar-refractivity contribution in [3.05, 3.63) is 87.1 Å². The van der Waals surface area contributed by atoms with Gasteiger partial charge in [0.15, 0.2) is 0 Å². The predicted molar refractivity (Wildman–Crippen MR) is 123 cm³/mol. The minimum atomic E-state index is -0.253. The summed E-state index contributed by atoms with van der Waals surface area (Å²) in [6.07, 6.45) is 1.81. The maximum absolute atomic E-state index is 12.8. The van der Waals surface area contributed by atoms with E-state index in [0.717, 1.165) is 5.69 Å². The number of benzene rings is 2. The Morgan fingerprint density at radius 2 is 1.48 bits per heavy atom. The molecule has 0 saturated carbocycles. The van der Waals surface area contributed by atoms with E-state index < -0.39 is 0 Å². The van der Waals surface area contributed by atoms with E-state index in [1.165, 1.54) is 9.48 Å². The molecule has 12 heteroatoms. The number of nitrogens with zero attached hydrogens (tertiary/aromatic N) is 9. The van der Waals surface area contributed by atoms with Crippen LogP contribution in [0.3, 0.4) is 0 Å². The van der Waals surface area contributed by atoms with Gasteiger partial charge in [-0.1, -0.05) is 23.2 Å². The van der Waals surface area contributed by atoms with Crippen LogP contribution >= 0.6 is 23.2 Å². The molecule has 0 saturated heterocycles. The highest BCUT2D eigenvalue weighted by molar-refractivity contribution is 6.30. The lowest BCUT2D eigenvalue weighted by atomic mass is 10.3. The number of rotatable bonds is 6. The van der Waals surface area contributed by atoms with Crippen molar-refractivity contribution in [1.29, 1.82) is 0 Å². The number of tetrazole rings is 1. The Kier molecular flexibility index (Phi) is 5.53. The van der Waals surface area contributed by atoms with E-state index in [2.05, 4.69) is 25.6 Å². The zero-order valence-corrected chi connectivity index (χ0v) is 18.9. The fourth-order valence-electron chi connectivity index (χ4n) is 3.31. The van der Waals surface area contributed by atoms with E-state index >= 15 is 0 Å². The molecule has 0 atom stereocenters. The Balaban J connectivity index is 1.31. The summed E-state index contributed by atoms with van der Waals surface area (Å²) in [4.78, 5) is 14.3. The van der Waals surface area contributed by atoms with Crippen LogP contribution in [-0.4, -0.2) is 44.3 Å².